The van der Waals surface area contributed by atoms with Gasteiger partial charge in [0, 0.05) is 33.1 Å². The number of hydrogen-bond acceptors (Lipinski definition) is 3. The van der Waals surface area contributed by atoms with E-state index in [4.69, 9.17) is 0 Å². The first kappa shape index (κ1) is 13.4. The smallest absolute Gasteiger partial charge is 0.219 e. The van der Waals surface area contributed by atoms with Crippen molar-refractivity contribution in [1.29, 1.82) is 0 Å². The Balaban J connectivity index is 2.50. The zero-order valence-electron chi connectivity index (χ0n) is 9.98. The van der Waals surface area contributed by atoms with Crippen LogP contribution in [0, 0.1) is 0 Å². The number of sulfonamides is 1. The van der Waals surface area contributed by atoms with Crippen LogP contribution in [0.4, 0.5) is 0 Å². The lowest BCUT2D eigenvalue weighted by Gasteiger charge is -2.33. The lowest BCUT2D eigenvalue weighted by Crippen LogP contribution is -2.50. The molecule has 1 amide bonds. The van der Waals surface area contributed by atoms with Crippen LogP contribution in [0.5, 0.6) is 0 Å². The molecule has 16 heavy (non-hydrogen) atoms. The fraction of sp³-hybridized carbons (Fsp3) is 0.900. The van der Waals surface area contributed by atoms with Gasteiger partial charge in [0.15, 0.2) is 0 Å². The summed E-state index contributed by atoms with van der Waals surface area (Å²) in [6, 6.07) is 0. The molecule has 0 N–H and O–H groups in total. The summed E-state index contributed by atoms with van der Waals surface area (Å²) >= 11 is 0. The van der Waals surface area contributed by atoms with Crippen LogP contribution < -0.4 is 0 Å². The average Bonchev–Trinajstić information content (AvgIpc) is 2.26. The van der Waals surface area contributed by atoms with E-state index in [9.17, 15) is 13.2 Å². The molecule has 0 unspecified atom stereocenters. The van der Waals surface area contributed by atoms with Crippen LogP contribution in [0.25, 0.3) is 0 Å². The second-order valence-electron chi connectivity index (χ2n) is 4.07. The van der Waals surface area contributed by atoms with Crippen LogP contribution >= 0.6 is 0 Å². The van der Waals surface area contributed by atoms with Gasteiger partial charge in [0.05, 0.1) is 5.75 Å². The van der Waals surface area contributed by atoms with Crippen molar-refractivity contribution < 1.29 is 13.2 Å². The van der Waals surface area contributed by atoms with Crippen LogP contribution in [0.1, 0.15) is 26.7 Å². The summed E-state index contributed by atoms with van der Waals surface area (Å²) in [6.07, 6.45) is 1.59. The van der Waals surface area contributed by atoms with Gasteiger partial charge in [0.25, 0.3) is 0 Å². The van der Waals surface area contributed by atoms with E-state index in [0.29, 0.717) is 32.6 Å². The maximum absolute atomic E-state index is 11.8. The summed E-state index contributed by atoms with van der Waals surface area (Å²) in [7, 11) is -3.10. The third-order valence-corrected chi connectivity index (χ3v) is 4.79. The second-order valence-corrected chi connectivity index (χ2v) is 6.16. The quantitative estimate of drug-likeness (QED) is 0.718. The summed E-state index contributed by atoms with van der Waals surface area (Å²) in [5, 5.41) is 0. The lowest BCUT2D eigenvalue weighted by molar-refractivity contribution is -0.129. The maximum Gasteiger partial charge on any atom is 0.219 e. The highest BCUT2D eigenvalue weighted by Crippen LogP contribution is 2.09. The number of rotatable bonds is 4. The molecule has 1 aliphatic heterocycles. The Kier molecular flexibility index (Phi) is 4.73. The molecule has 0 aliphatic carbocycles. The zero-order valence-corrected chi connectivity index (χ0v) is 10.8. The van der Waals surface area contributed by atoms with E-state index in [1.54, 1.807) is 4.90 Å². The van der Waals surface area contributed by atoms with Crippen molar-refractivity contribution in [2.45, 2.75) is 26.7 Å². The lowest BCUT2D eigenvalue weighted by atomic mass is 10.3. The molecule has 0 aromatic carbocycles. The van der Waals surface area contributed by atoms with Gasteiger partial charge in [-0.1, -0.05) is 13.3 Å². The first-order valence-corrected chi connectivity index (χ1v) is 7.31. The van der Waals surface area contributed by atoms with Crippen molar-refractivity contribution in [3.05, 3.63) is 0 Å². The predicted octanol–water partition coefficient (Wildman–Crippen LogP) is 0.280. The van der Waals surface area contributed by atoms with E-state index >= 15 is 0 Å². The minimum atomic E-state index is -3.10. The molecule has 94 valence electrons. The Morgan fingerprint density at radius 2 is 1.75 bits per heavy atom. The van der Waals surface area contributed by atoms with E-state index in [1.165, 1.54) is 11.2 Å². The SMILES string of the molecule is CCCCS(=O)(=O)N1CCN(C(C)=O)CC1. The Bertz CT molecular complexity index is 332. The van der Waals surface area contributed by atoms with E-state index in [-0.39, 0.29) is 11.7 Å². The largest absolute Gasteiger partial charge is 0.340 e. The molecule has 5 nitrogen and oxygen atoms in total. The van der Waals surface area contributed by atoms with Crippen LogP contribution in [0.3, 0.4) is 0 Å². The van der Waals surface area contributed by atoms with Crippen LogP contribution in [0.15, 0.2) is 0 Å². The number of nitrogens with zero attached hydrogens (tertiary/aromatic N) is 2. The Hall–Kier alpha value is -0.620. The van der Waals surface area contributed by atoms with Crippen molar-refractivity contribution >= 4 is 15.9 Å². The zero-order chi connectivity index (χ0) is 12.2. The van der Waals surface area contributed by atoms with Crippen LogP contribution in [0.2, 0.25) is 0 Å². The Labute approximate surface area is 97.5 Å². The fourth-order valence-corrected chi connectivity index (χ4v) is 3.37. The molecule has 0 aromatic heterocycles. The highest BCUT2D eigenvalue weighted by atomic mass is 32.2. The molecule has 0 spiro atoms. The van der Waals surface area contributed by atoms with Crippen LogP contribution in [-0.4, -0.2) is 55.5 Å². The number of carbonyl (C=O) groups excluding carboxylic acids is 1. The number of piperazine rings is 1. The van der Waals surface area contributed by atoms with Gasteiger partial charge < -0.3 is 4.90 Å². The summed E-state index contributed by atoms with van der Waals surface area (Å²) in [5.74, 6) is 0.245. The monoisotopic (exact) mass is 248 g/mol. The molecule has 1 saturated heterocycles. The van der Waals surface area contributed by atoms with Crippen molar-refractivity contribution in [2.24, 2.45) is 0 Å². The van der Waals surface area contributed by atoms with E-state index in [0.717, 1.165) is 6.42 Å². The summed E-state index contributed by atoms with van der Waals surface area (Å²) in [6.45, 7) is 5.39. The molecule has 1 rings (SSSR count). The number of hydrogen-bond donors (Lipinski definition) is 0. The molecule has 6 heteroatoms. The predicted molar refractivity (Wildman–Crippen MR) is 62.5 cm³/mol. The Morgan fingerprint density at radius 3 is 2.19 bits per heavy atom. The van der Waals surface area contributed by atoms with E-state index in [2.05, 4.69) is 0 Å². The summed E-state index contributed by atoms with van der Waals surface area (Å²) in [5.41, 5.74) is 0. The highest BCUT2D eigenvalue weighted by molar-refractivity contribution is 7.89. The van der Waals surface area contributed by atoms with Gasteiger partial charge in [0.1, 0.15) is 0 Å². The standard InChI is InChI=1S/C10H20N2O3S/c1-3-4-9-16(14,15)12-7-5-11(6-8-12)10(2)13/h3-9H2,1-2H3. The Morgan fingerprint density at radius 1 is 1.19 bits per heavy atom. The highest BCUT2D eigenvalue weighted by Gasteiger charge is 2.26. The van der Waals surface area contributed by atoms with Gasteiger partial charge >= 0.3 is 0 Å². The molecular formula is C10H20N2O3S. The molecule has 1 heterocycles. The van der Waals surface area contributed by atoms with Crippen molar-refractivity contribution in [2.75, 3.05) is 31.9 Å². The van der Waals surface area contributed by atoms with Gasteiger partial charge in [-0.15, -0.1) is 0 Å². The number of unbranched alkanes of at least 4 members (excludes halogenated alkanes) is 1. The molecule has 0 aromatic rings. The average molecular weight is 248 g/mol. The van der Waals surface area contributed by atoms with Crippen molar-refractivity contribution in [3.63, 3.8) is 0 Å². The minimum Gasteiger partial charge on any atom is -0.340 e. The molecule has 0 atom stereocenters. The number of amides is 1. The first-order valence-electron chi connectivity index (χ1n) is 5.70. The second kappa shape index (κ2) is 5.63. The molecule has 1 aliphatic rings. The minimum absolute atomic E-state index is 0.0191. The number of carbonyl (C=O) groups is 1. The van der Waals surface area contributed by atoms with Gasteiger partial charge in [-0.05, 0) is 6.42 Å². The third kappa shape index (κ3) is 3.45. The topological polar surface area (TPSA) is 57.7 Å². The van der Waals surface area contributed by atoms with E-state index < -0.39 is 10.0 Å². The van der Waals surface area contributed by atoms with Gasteiger partial charge in [-0.2, -0.15) is 4.31 Å². The van der Waals surface area contributed by atoms with Gasteiger partial charge in [-0.3, -0.25) is 4.79 Å². The molecule has 0 bridgehead atoms. The fourth-order valence-electron chi connectivity index (χ4n) is 1.74. The van der Waals surface area contributed by atoms with Gasteiger partial charge in [-0.25, -0.2) is 8.42 Å². The van der Waals surface area contributed by atoms with Crippen LogP contribution in [-0.2, 0) is 14.8 Å². The summed E-state index contributed by atoms with van der Waals surface area (Å²) in [4.78, 5) is 12.8. The van der Waals surface area contributed by atoms with Crippen molar-refractivity contribution in [1.82, 2.24) is 9.21 Å². The van der Waals surface area contributed by atoms with Gasteiger partial charge in [0.2, 0.25) is 15.9 Å². The van der Waals surface area contributed by atoms with E-state index in [1.807, 2.05) is 6.92 Å². The molecular weight excluding hydrogens is 228 g/mol. The first-order chi connectivity index (χ1) is 7.47. The molecule has 1 fully saturated rings. The summed E-state index contributed by atoms with van der Waals surface area (Å²) < 4.78 is 25.2. The van der Waals surface area contributed by atoms with Crippen molar-refractivity contribution in [3.8, 4) is 0 Å². The molecule has 0 saturated carbocycles. The molecule has 0 radical (unpaired) electrons. The third-order valence-electron chi connectivity index (χ3n) is 2.83. The maximum atomic E-state index is 11.8. The normalized spacial score (nSPS) is 18.8.